The van der Waals surface area contributed by atoms with E-state index < -0.39 is 0 Å². The molecule has 0 N–H and O–H groups in total. The Balaban J connectivity index is 2.00. The van der Waals surface area contributed by atoms with Crippen LogP contribution < -0.4 is 0 Å². The van der Waals surface area contributed by atoms with Crippen LogP contribution in [0.2, 0.25) is 0 Å². The first kappa shape index (κ1) is 15.8. The second-order valence-corrected chi connectivity index (χ2v) is 6.80. The fraction of sp³-hybridized carbons (Fsp3) is 0.316. The van der Waals surface area contributed by atoms with Crippen molar-refractivity contribution in [3.63, 3.8) is 0 Å². The Kier molecular flexibility index (Phi) is 5.24. The Morgan fingerprint density at radius 2 is 1.71 bits per heavy atom. The molecule has 0 saturated heterocycles. The zero-order valence-electron chi connectivity index (χ0n) is 13.1. The van der Waals surface area contributed by atoms with Crippen LogP contribution in [0.15, 0.2) is 47.4 Å². The summed E-state index contributed by atoms with van der Waals surface area (Å²) in [5.41, 5.74) is 4.43. The van der Waals surface area contributed by atoms with Gasteiger partial charge in [-0.05, 0) is 43.0 Å². The molecule has 0 aliphatic rings. The van der Waals surface area contributed by atoms with Gasteiger partial charge in [-0.25, -0.2) is 0 Å². The smallest absolute Gasteiger partial charge is 0.173 e. The molecule has 2 heteroatoms. The molecule has 0 fully saturated rings. The highest BCUT2D eigenvalue weighted by atomic mass is 32.2. The minimum absolute atomic E-state index is 0.199. The summed E-state index contributed by atoms with van der Waals surface area (Å²) in [7, 11) is 0. The molecule has 0 saturated carbocycles. The van der Waals surface area contributed by atoms with Crippen LogP contribution in [0.1, 0.15) is 46.8 Å². The SMILES string of the molecule is Cc1ccc(C(=O)CSc2ccc(C(C)C)cc2)c(C)c1. The zero-order chi connectivity index (χ0) is 15.4. The van der Waals surface area contributed by atoms with Crippen LogP contribution in [-0.2, 0) is 0 Å². The van der Waals surface area contributed by atoms with Crippen molar-refractivity contribution in [3.8, 4) is 0 Å². The average molecular weight is 298 g/mol. The van der Waals surface area contributed by atoms with Crippen molar-refractivity contribution in [1.29, 1.82) is 0 Å². The van der Waals surface area contributed by atoms with Crippen molar-refractivity contribution in [2.75, 3.05) is 5.75 Å². The number of rotatable bonds is 5. The third-order valence-electron chi connectivity index (χ3n) is 3.60. The lowest BCUT2D eigenvalue weighted by Crippen LogP contribution is -2.04. The molecule has 0 unspecified atom stereocenters. The molecule has 2 aromatic rings. The second kappa shape index (κ2) is 6.95. The summed E-state index contributed by atoms with van der Waals surface area (Å²) in [5.74, 6) is 1.23. The Morgan fingerprint density at radius 3 is 2.29 bits per heavy atom. The molecule has 0 bridgehead atoms. The van der Waals surface area contributed by atoms with Gasteiger partial charge in [-0.1, -0.05) is 49.7 Å². The van der Waals surface area contributed by atoms with Gasteiger partial charge in [-0.15, -0.1) is 11.8 Å². The van der Waals surface area contributed by atoms with Crippen LogP contribution in [0.4, 0.5) is 0 Å². The van der Waals surface area contributed by atoms with Gasteiger partial charge in [-0.3, -0.25) is 4.79 Å². The van der Waals surface area contributed by atoms with Gasteiger partial charge in [0.25, 0.3) is 0 Å². The third kappa shape index (κ3) is 4.21. The number of carbonyl (C=O) groups excluding carboxylic acids is 1. The first-order valence-corrected chi connectivity index (χ1v) is 8.29. The van der Waals surface area contributed by atoms with E-state index >= 15 is 0 Å². The predicted octanol–water partition coefficient (Wildman–Crippen LogP) is 5.40. The molecule has 110 valence electrons. The number of hydrogen-bond donors (Lipinski definition) is 0. The Morgan fingerprint density at radius 1 is 1.05 bits per heavy atom. The molecule has 0 radical (unpaired) electrons. The molecule has 0 aliphatic carbocycles. The topological polar surface area (TPSA) is 17.1 Å². The van der Waals surface area contributed by atoms with E-state index in [1.54, 1.807) is 11.8 Å². The summed E-state index contributed by atoms with van der Waals surface area (Å²) in [6, 6.07) is 14.5. The quantitative estimate of drug-likeness (QED) is 0.543. The number of hydrogen-bond acceptors (Lipinski definition) is 2. The standard InChI is InChI=1S/C19H22OS/c1-13(2)16-6-8-17(9-7-16)21-12-19(20)18-10-5-14(3)11-15(18)4/h5-11,13H,12H2,1-4H3. The fourth-order valence-corrected chi connectivity index (χ4v) is 3.08. The molecule has 0 aliphatic heterocycles. The van der Waals surface area contributed by atoms with Crippen LogP contribution in [0, 0.1) is 13.8 Å². The molecule has 2 rings (SSSR count). The molecule has 0 heterocycles. The van der Waals surface area contributed by atoms with Gasteiger partial charge in [0.05, 0.1) is 5.75 Å². The van der Waals surface area contributed by atoms with Gasteiger partial charge >= 0.3 is 0 Å². The molecule has 21 heavy (non-hydrogen) atoms. The fourth-order valence-electron chi connectivity index (χ4n) is 2.30. The van der Waals surface area contributed by atoms with Gasteiger partial charge in [0, 0.05) is 10.5 Å². The van der Waals surface area contributed by atoms with E-state index in [4.69, 9.17) is 0 Å². The average Bonchev–Trinajstić information content (AvgIpc) is 2.45. The summed E-state index contributed by atoms with van der Waals surface area (Å²) >= 11 is 1.61. The maximum absolute atomic E-state index is 12.3. The van der Waals surface area contributed by atoms with Crippen molar-refractivity contribution in [3.05, 3.63) is 64.7 Å². The maximum atomic E-state index is 12.3. The first-order valence-electron chi connectivity index (χ1n) is 7.30. The molecular formula is C19H22OS. The Labute approximate surface area is 131 Å². The lowest BCUT2D eigenvalue weighted by atomic mass is 10.0. The van der Waals surface area contributed by atoms with Crippen LogP contribution in [0.3, 0.4) is 0 Å². The lowest BCUT2D eigenvalue weighted by Gasteiger charge is -2.08. The number of aryl methyl sites for hydroxylation is 2. The van der Waals surface area contributed by atoms with Crippen molar-refractivity contribution in [2.45, 2.75) is 38.5 Å². The summed E-state index contributed by atoms with van der Waals surface area (Å²) in [6.07, 6.45) is 0. The molecule has 0 spiro atoms. The van der Waals surface area contributed by atoms with Gasteiger partial charge < -0.3 is 0 Å². The summed E-state index contributed by atoms with van der Waals surface area (Å²) in [4.78, 5) is 13.5. The van der Waals surface area contributed by atoms with Crippen LogP contribution in [0.5, 0.6) is 0 Å². The number of ketones is 1. The Hall–Kier alpha value is -1.54. The lowest BCUT2D eigenvalue weighted by molar-refractivity contribution is 0.102. The molecule has 0 atom stereocenters. The number of thioether (sulfide) groups is 1. The first-order chi connectivity index (χ1) is 9.97. The monoisotopic (exact) mass is 298 g/mol. The second-order valence-electron chi connectivity index (χ2n) is 5.75. The van der Waals surface area contributed by atoms with E-state index in [2.05, 4.69) is 44.2 Å². The summed E-state index contributed by atoms with van der Waals surface area (Å²) < 4.78 is 0. The number of carbonyl (C=O) groups is 1. The van der Waals surface area contributed by atoms with E-state index in [1.165, 1.54) is 11.1 Å². The summed E-state index contributed by atoms with van der Waals surface area (Å²) in [5, 5.41) is 0. The third-order valence-corrected chi connectivity index (χ3v) is 4.61. The molecular weight excluding hydrogens is 276 g/mol. The number of Topliss-reactive ketones (excluding diaryl/α,β-unsaturated/α-hetero) is 1. The molecule has 2 aromatic carbocycles. The van der Waals surface area contributed by atoms with Crippen molar-refractivity contribution in [2.24, 2.45) is 0 Å². The van der Waals surface area contributed by atoms with Gasteiger partial charge in [0.1, 0.15) is 0 Å². The molecule has 0 amide bonds. The predicted molar refractivity (Wildman–Crippen MR) is 91.5 cm³/mol. The van der Waals surface area contributed by atoms with Crippen molar-refractivity contribution >= 4 is 17.5 Å². The number of benzene rings is 2. The van der Waals surface area contributed by atoms with Crippen molar-refractivity contribution < 1.29 is 4.79 Å². The van der Waals surface area contributed by atoms with E-state index in [9.17, 15) is 4.79 Å². The molecule has 0 aromatic heterocycles. The van der Waals surface area contributed by atoms with Gasteiger partial charge in [0.15, 0.2) is 5.78 Å². The van der Waals surface area contributed by atoms with Gasteiger partial charge in [0.2, 0.25) is 0 Å². The highest BCUT2D eigenvalue weighted by Gasteiger charge is 2.10. The van der Waals surface area contributed by atoms with E-state index in [0.717, 1.165) is 16.0 Å². The highest BCUT2D eigenvalue weighted by molar-refractivity contribution is 8.00. The maximum Gasteiger partial charge on any atom is 0.173 e. The van der Waals surface area contributed by atoms with E-state index in [-0.39, 0.29) is 5.78 Å². The molecule has 1 nitrogen and oxygen atoms in total. The van der Waals surface area contributed by atoms with Crippen LogP contribution in [-0.4, -0.2) is 11.5 Å². The largest absolute Gasteiger partial charge is 0.293 e. The minimum Gasteiger partial charge on any atom is -0.293 e. The van der Waals surface area contributed by atoms with Crippen molar-refractivity contribution in [1.82, 2.24) is 0 Å². The minimum atomic E-state index is 0.199. The van der Waals surface area contributed by atoms with Crippen LogP contribution in [0.25, 0.3) is 0 Å². The van der Waals surface area contributed by atoms with Gasteiger partial charge in [-0.2, -0.15) is 0 Å². The normalized spacial score (nSPS) is 10.9. The van der Waals surface area contributed by atoms with E-state index in [0.29, 0.717) is 11.7 Å². The van der Waals surface area contributed by atoms with Crippen LogP contribution >= 0.6 is 11.8 Å². The highest BCUT2D eigenvalue weighted by Crippen LogP contribution is 2.23. The summed E-state index contributed by atoms with van der Waals surface area (Å²) in [6.45, 7) is 8.42. The van der Waals surface area contributed by atoms with E-state index in [1.807, 2.05) is 26.0 Å². The zero-order valence-corrected chi connectivity index (χ0v) is 14.0. The Bertz CT molecular complexity index is 627.